The lowest BCUT2D eigenvalue weighted by Gasteiger charge is -2.17. The fourth-order valence-electron chi connectivity index (χ4n) is 2.77. The Hall–Kier alpha value is -1.55. The molecule has 1 saturated heterocycles. The molecule has 1 aliphatic carbocycles. The molecular weight excluding hydrogens is 332 g/mol. The number of carbonyl (C=O) groups excluding carboxylic acids is 1. The summed E-state index contributed by atoms with van der Waals surface area (Å²) in [5.41, 5.74) is 0. The van der Waals surface area contributed by atoms with Crippen LogP contribution in [-0.4, -0.2) is 43.2 Å². The van der Waals surface area contributed by atoms with Gasteiger partial charge in [-0.3, -0.25) is 9.48 Å². The number of aromatic nitrogens is 2. The van der Waals surface area contributed by atoms with Crippen LogP contribution in [0.5, 0.6) is 0 Å². The molecule has 0 unspecified atom stereocenters. The van der Waals surface area contributed by atoms with Crippen molar-refractivity contribution < 1.29 is 26.7 Å². The highest BCUT2D eigenvalue weighted by Crippen LogP contribution is 2.41. The van der Waals surface area contributed by atoms with Crippen molar-refractivity contribution in [3.05, 3.63) is 12.4 Å². The second-order valence-electron chi connectivity index (χ2n) is 5.83. The summed E-state index contributed by atoms with van der Waals surface area (Å²) in [6, 6.07) is 0. The number of nitrogens with zero attached hydrogens (tertiary/aromatic N) is 2. The van der Waals surface area contributed by atoms with Gasteiger partial charge < -0.3 is 4.74 Å². The van der Waals surface area contributed by atoms with Gasteiger partial charge in [0.05, 0.1) is 18.2 Å². The minimum absolute atomic E-state index is 0.230. The highest BCUT2D eigenvalue weighted by Gasteiger charge is 2.44. The quantitative estimate of drug-likeness (QED) is 0.819. The van der Waals surface area contributed by atoms with Crippen LogP contribution in [0.15, 0.2) is 17.3 Å². The standard InChI is InChI=1S/C13H17F2N3O4S/c14-11(15)7-18-6-9(5-16-18)23(20,21)17-13(19)10-3-4-22-12(10)8-1-2-8/h5-6,8,10-12H,1-4,7H2,(H,17,19)/t10-,12+/m1/s1. The smallest absolute Gasteiger partial charge is 0.267 e. The number of ether oxygens (including phenoxy) is 1. The first kappa shape index (κ1) is 16.3. The summed E-state index contributed by atoms with van der Waals surface area (Å²) in [7, 11) is -4.12. The molecule has 1 aromatic rings. The summed E-state index contributed by atoms with van der Waals surface area (Å²) in [6.45, 7) is -0.269. The van der Waals surface area contributed by atoms with Gasteiger partial charge in [-0.15, -0.1) is 0 Å². The van der Waals surface area contributed by atoms with E-state index in [0.717, 1.165) is 29.9 Å². The van der Waals surface area contributed by atoms with Crippen molar-refractivity contribution in [3.63, 3.8) is 0 Å². The molecular formula is C13H17F2N3O4S. The van der Waals surface area contributed by atoms with Gasteiger partial charge in [0.25, 0.3) is 16.4 Å². The van der Waals surface area contributed by atoms with Gasteiger partial charge in [0, 0.05) is 12.8 Å². The zero-order chi connectivity index (χ0) is 16.6. The minimum atomic E-state index is -4.12. The molecule has 128 valence electrons. The second-order valence-corrected chi connectivity index (χ2v) is 7.51. The molecule has 7 nitrogen and oxygen atoms in total. The van der Waals surface area contributed by atoms with Gasteiger partial charge in [0.2, 0.25) is 5.91 Å². The molecule has 1 N–H and O–H groups in total. The number of sulfonamides is 1. The molecule has 0 spiro atoms. The number of alkyl halides is 2. The summed E-state index contributed by atoms with van der Waals surface area (Å²) >= 11 is 0. The topological polar surface area (TPSA) is 90.3 Å². The predicted octanol–water partition coefficient (Wildman–Crippen LogP) is 0.768. The van der Waals surface area contributed by atoms with E-state index in [1.54, 1.807) is 0 Å². The fraction of sp³-hybridized carbons (Fsp3) is 0.692. The van der Waals surface area contributed by atoms with E-state index in [0.29, 0.717) is 18.9 Å². The number of amides is 1. The number of hydrogen-bond donors (Lipinski definition) is 1. The molecule has 2 atom stereocenters. The maximum absolute atomic E-state index is 12.3. The first-order chi connectivity index (χ1) is 10.9. The van der Waals surface area contributed by atoms with Crippen molar-refractivity contribution >= 4 is 15.9 Å². The molecule has 1 amide bonds. The van der Waals surface area contributed by atoms with Gasteiger partial charge in [-0.25, -0.2) is 21.9 Å². The van der Waals surface area contributed by atoms with E-state index < -0.39 is 34.8 Å². The zero-order valence-electron chi connectivity index (χ0n) is 12.2. The van der Waals surface area contributed by atoms with Crippen molar-refractivity contribution in [1.82, 2.24) is 14.5 Å². The van der Waals surface area contributed by atoms with Gasteiger partial charge >= 0.3 is 0 Å². The Morgan fingerprint density at radius 3 is 2.83 bits per heavy atom. The van der Waals surface area contributed by atoms with Crippen LogP contribution in [0.4, 0.5) is 8.78 Å². The Balaban J connectivity index is 1.68. The average Bonchev–Trinajstić information content (AvgIpc) is 2.99. The fourth-order valence-corrected chi connectivity index (χ4v) is 3.75. The largest absolute Gasteiger partial charge is 0.377 e. The molecule has 2 heterocycles. The van der Waals surface area contributed by atoms with Gasteiger partial charge in [0.15, 0.2) is 0 Å². The summed E-state index contributed by atoms with van der Waals surface area (Å²) in [4.78, 5) is 11.9. The highest BCUT2D eigenvalue weighted by molar-refractivity contribution is 7.90. The van der Waals surface area contributed by atoms with E-state index in [4.69, 9.17) is 4.74 Å². The Kier molecular flexibility index (Phi) is 4.37. The number of rotatable bonds is 6. The Morgan fingerprint density at radius 1 is 1.43 bits per heavy atom. The van der Waals surface area contributed by atoms with Crippen LogP contribution in [0.1, 0.15) is 19.3 Å². The van der Waals surface area contributed by atoms with Gasteiger partial charge in [0.1, 0.15) is 11.4 Å². The van der Waals surface area contributed by atoms with E-state index in [2.05, 4.69) is 5.10 Å². The average molecular weight is 349 g/mol. The molecule has 2 aliphatic rings. The number of hydrogen-bond acceptors (Lipinski definition) is 5. The molecule has 1 aromatic heterocycles. The Bertz CT molecular complexity index is 687. The molecule has 0 aromatic carbocycles. The van der Waals surface area contributed by atoms with E-state index in [1.807, 2.05) is 4.72 Å². The third-order valence-corrected chi connectivity index (χ3v) is 5.34. The third-order valence-electron chi connectivity index (χ3n) is 4.04. The molecule has 1 saturated carbocycles. The summed E-state index contributed by atoms with van der Waals surface area (Å²) < 4.78 is 57.3. The van der Waals surface area contributed by atoms with Crippen molar-refractivity contribution in [1.29, 1.82) is 0 Å². The minimum Gasteiger partial charge on any atom is -0.377 e. The number of halogens is 2. The first-order valence-corrected chi connectivity index (χ1v) is 8.84. The van der Waals surface area contributed by atoms with Gasteiger partial charge in [-0.1, -0.05) is 0 Å². The lowest BCUT2D eigenvalue weighted by Crippen LogP contribution is -2.39. The van der Waals surface area contributed by atoms with Crippen LogP contribution in [-0.2, 0) is 26.1 Å². The monoisotopic (exact) mass is 349 g/mol. The third kappa shape index (κ3) is 3.69. The summed E-state index contributed by atoms with van der Waals surface area (Å²) in [5, 5.41) is 3.56. The number of carbonyl (C=O) groups is 1. The van der Waals surface area contributed by atoms with Crippen LogP contribution in [0.25, 0.3) is 0 Å². The van der Waals surface area contributed by atoms with E-state index in [-0.39, 0.29) is 11.0 Å². The molecule has 3 rings (SSSR count). The normalized spacial score (nSPS) is 25.0. The van der Waals surface area contributed by atoms with Crippen LogP contribution < -0.4 is 4.72 Å². The maximum atomic E-state index is 12.3. The molecule has 23 heavy (non-hydrogen) atoms. The van der Waals surface area contributed by atoms with Crippen molar-refractivity contribution in [2.75, 3.05) is 6.61 Å². The first-order valence-electron chi connectivity index (χ1n) is 7.35. The van der Waals surface area contributed by atoms with E-state index >= 15 is 0 Å². The van der Waals surface area contributed by atoms with Crippen molar-refractivity contribution in [2.24, 2.45) is 11.8 Å². The highest BCUT2D eigenvalue weighted by atomic mass is 32.2. The Labute approximate surface area is 132 Å². The van der Waals surface area contributed by atoms with Crippen LogP contribution in [0, 0.1) is 11.8 Å². The van der Waals surface area contributed by atoms with Gasteiger partial charge in [-0.05, 0) is 25.2 Å². The van der Waals surface area contributed by atoms with Gasteiger partial charge in [-0.2, -0.15) is 5.10 Å². The Morgan fingerprint density at radius 2 is 2.17 bits per heavy atom. The molecule has 0 radical (unpaired) electrons. The lowest BCUT2D eigenvalue weighted by molar-refractivity contribution is -0.125. The van der Waals surface area contributed by atoms with Crippen LogP contribution in [0.3, 0.4) is 0 Å². The van der Waals surface area contributed by atoms with E-state index in [1.165, 1.54) is 0 Å². The molecule has 10 heteroatoms. The zero-order valence-corrected chi connectivity index (χ0v) is 13.0. The predicted molar refractivity (Wildman–Crippen MR) is 74.1 cm³/mol. The van der Waals surface area contributed by atoms with Crippen molar-refractivity contribution in [3.8, 4) is 0 Å². The number of nitrogens with one attached hydrogen (secondary N) is 1. The van der Waals surface area contributed by atoms with Crippen LogP contribution >= 0.6 is 0 Å². The maximum Gasteiger partial charge on any atom is 0.267 e. The molecule has 2 fully saturated rings. The summed E-state index contributed by atoms with van der Waals surface area (Å²) in [6.07, 6.45) is 1.50. The molecule has 0 bridgehead atoms. The SMILES string of the molecule is O=C(NS(=O)(=O)c1cnn(CC(F)F)c1)[C@@H]1CCO[C@H]1C1CC1. The van der Waals surface area contributed by atoms with E-state index in [9.17, 15) is 22.0 Å². The van der Waals surface area contributed by atoms with Crippen molar-refractivity contribution in [2.45, 2.75) is 43.2 Å². The lowest BCUT2D eigenvalue weighted by atomic mass is 9.97. The summed E-state index contributed by atoms with van der Waals surface area (Å²) in [5.74, 6) is -0.779. The van der Waals surface area contributed by atoms with Crippen LogP contribution in [0.2, 0.25) is 0 Å². The second kappa shape index (κ2) is 6.16. The molecule has 1 aliphatic heterocycles.